The molecule has 0 aromatic carbocycles. The number of nitrogens with zero attached hydrogens (tertiary/aromatic N) is 2. The van der Waals surface area contributed by atoms with E-state index in [9.17, 15) is 14.4 Å². The molecule has 0 spiro atoms. The zero-order chi connectivity index (χ0) is 17.6. The summed E-state index contributed by atoms with van der Waals surface area (Å²) < 4.78 is 5.10. The van der Waals surface area contributed by atoms with Gasteiger partial charge >= 0.3 is 12.2 Å². The van der Waals surface area contributed by atoms with Gasteiger partial charge in [0.1, 0.15) is 11.4 Å². The third kappa shape index (κ3) is 6.77. The molecule has 1 aromatic heterocycles. The van der Waals surface area contributed by atoms with Crippen molar-refractivity contribution in [1.29, 1.82) is 0 Å². The van der Waals surface area contributed by atoms with Gasteiger partial charge in [-0.1, -0.05) is 0 Å². The molecule has 0 aliphatic carbocycles. The highest BCUT2D eigenvalue weighted by Gasteiger charge is 2.17. The van der Waals surface area contributed by atoms with Crippen LogP contribution in [0, 0.1) is 0 Å². The van der Waals surface area contributed by atoms with E-state index in [0.29, 0.717) is 5.56 Å². The molecule has 0 fully saturated rings. The fraction of sp³-hybridized carbons (Fsp3) is 0.467. The van der Waals surface area contributed by atoms with Gasteiger partial charge in [0, 0.05) is 31.8 Å². The summed E-state index contributed by atoms with van der Waals surface area (Å²) in [5.41, 5.74) is -0.302. The third-order valence-corrected chi connectivity index (χ3v) is 2.71. The molecule has 2 amide bonds. The van der Waals surface area contributed by atoms with Crippen LogP contribution >= 0.6 is 0 Å². The zero-order valence-electron chi connectivity index (χ0n) is 13.6. The smallest absolute Gasteiger partial charge is 0.413 e. The number of aromatic nitrogens is 1. The first kappa shape index (κ1) is 18.4. The van der Waals surface area contributed by atoms with Gasteiger partial charge in [-0.05, 0) is 32.9 Å². The number of hydrogen-bond donors (Lipinski definition) is 2. The average Bonchev–Trinajstić information content (AvgIpc) is 2.42. The minimum absolute atomic E-state index is 0.0404. The average molecular weight is 323 g/mol. The molecule has 1 heterocycles. The Bertz CT molecular complexity index is 595. The number of anilines is 1. The number of carbonyl (C=O) groups excluding carboxylic acids is 2. The van der Waals surface area contributed by atoms with Gasteiger partial charge in [-0.2, -0.15) is 0 Å². The fourth-order valence-corrected chi connectivity index (χ4v) is 1.59. The topological polar surface area (TPSA) is 109 Å². The van der Waals surface area contributed by atoms with E-state index in [4.69, 9.17) is 9.84 Å². The van der Waals surface area contributed by atoms with E-state index in [1.54, 1.807) is 20.8 Å². The number of pyridine rings is 1. The van der Waals surface area contributed by atoms with E-state index in [1.165, 1.54) is 25.4 Å². The van der Waals surface area contributed by atoms with Crippen LogP contribution in [0.2, 0.25) is 0 Å². The summed E-state index contributed by atoms with van der Waals surface area (Å²) in [5, 5.41) is 11.2. The van der Waals surface area contributed by atoms with Crippen molar-refractivity contribution in [1.82, 2.24) is 9.88 Å². The van der Waals surface area contributed by atoms with E-state index in [2.05, 4.69) is 10.3 Å². The molecule has 0 radical (unpaired) electrons. The molecule has 1 rings (SSSR count). The van der Waals surface area contributed by atoms with Crippen LogP contribution in [-0.2, 0) is 4.74 Å². The highest BCUT2D eigenvalue weighted by atomic mass is 16.6. The van der Waals surface area contributed by atoms with E-state index in [0.717, 1.165) is 4.90 Å². The lowest BCUT2D eigenvalue weighted by molar-refractivity contribution is 0.0634. The summed E-state index contributed by atoms with van der Waals surface area (Å²) in [5.74, 6) is -0.0515. The van der Waals surface area contributed by atoms with Gasteiger partial charge in [-0.3, -0.25) is 10.1 Å². The number of amides is 2. The Morgan fingerprint density at radius 3 is 2.57 bits per heavy atom. The summed E-state index contributed by atoms with van der Waals surface area (Å²) in [6, 6.07) is 2.93. The van der Waals surface area contributed by atoms with E-state index >= 15 is 0 Å². The number of carbonyl (C=O) groups is 3. The second-order valence-electron chi connectivity index (χ2n) is 5.93. The minimum atomic E-state index is -1.10. The summed E-state index contributed by atoms with van der Waals surface area (Å²) in [4.78, 5) is 39.4. The van der Waals surface area contributed by atoms with Crippen molar-refractivity contribution in [2.45, 2.75) is 32.8 Å². The molecule has 1 aromatic rings. The van der Waals surface area contributed by atoms with Gasteiger partial charge in [-0.15, -0.1) is 0 Å². The zero-order valence-corrected chi connectivity index (χ0v) is 13.6. The number of hydrogen-bond acceptors (Lipinski definition) is 5. The number of Topliss-reactive ketones (excluding diaryl/α,β-unsaturated/α-hetero) is 1. The molecule has 0 saturated heterocycles. The quantitative estimate of drug-likeness (QED) is 0.806. The first-order valence-electron chi connectivity index (χ1n) is 7.02. The lowest BCUT2D eigenvalue weighted by Crippen LogP contribution is -2.28. The fourth-order valence-electron chi connectivity index (χ4n) is 1.59. The Morgan fingerprint density at radius 2 is 2.00 bits per heavy atom. The van der Waals surface area contributed by atoms with Crippen molar-refractivity contribution in [3.63, 3.8) is 0 Å². The van der Waals surface area contributed by atoms with Gasteiger partial charge in [-0.25, -0.2) is 14.6 Å². The van der Waals surface area contributed by atoms with Crippen LogP contribution < -0.4 is 5.32 Å². The number of rotatable bonds is 5. The van der Waals surface area contributed by atoms with Crippen LogP contribution in [0.25, 0.3) is 0 Å². The Morgan fingerprint density at radius 1 is 1.35 bits per heavy atom. The molecular formula is C15H21N3O5. The van der Waals surface area contributed by atoms with Gasteiger partial charge in [0.25, 0.3) is 0 Å². The summed E-state index contributed by atoms with van der Waals surface area (Å²) >= 11 is 0. The van der Waals surface area contributed by atoms with Crippen LogP contribution in [0.3, 0.4) is 0 Å². The SMILES string of the molecule is CN(CCC(=O)c1ccnc(NC(=O)OC(C)(C)C)c1)C(=O)O. The number of ether oxygens (including phenoxy) is 1. The van der Waals surface area contributed by atoms with Gasteiger partial charge in [0.2, 0.25) is 0 Å². The molecule has 0 bridgehead atoms. The van der Waals surface area contributed by atoms with Crippen LogP contribution in [0.15, 0.2) is 18.3 Å². The second-order valence-corrected chi connectivity index (χ2v) is 5.93. The highest BCUT2D eigenvalue weighted by Crippen LogP contribution is 2.12. The van der Waals surface area contributed by atoms with Gasteiger partial charge in [0.05, 0.1) is 0 Å². The van der Waals surface area contributed by atoms with E-state index in [-0.39, 0.29) is 24.6 Å². The Labute approximate surface area is 134 Å². The molecule has 0 saturated carbocycles. The van der Waals surface area contributed by atoms with Crippen LogP contribution in [0.4, 0.5) is 15.4 Å². The molecule has 0 aliphatic heterocycles. The molecule has 8 heteroatoms. The molecule has 23 heavy (non-hydrogen) atoms. The van der Waals surface area contributed by atoms with E-state index < -0.39 is 17.8 Å². The number of ketones is 1. The standard InChI is InChI=1S/C15H21N3O5/c1-15(2,3)23-13(20)17-12-9-10(5-7-16-12)11(19)6-8-18(4)14(21)22/h5,7,9H,6,8H2,1-4H3,(H,21,22)(H,16,17,20). The molecule has 2 N–H and O–H groups in total. The summed E-state index contributed by atoms with van der Waals surface area (Å²) in [6.07, 6.45) is -0.334. The van der Waals surface area contributed by atoms with Crippen molar-refractivity contribution in [2.24, 2.45) is 0 Å². The van der Waals surface area contributed by atoms with Crippen LogP contribution in [-0.4, -0.2) is 52.2 Å². The van der Waals surface area contributed by atoms with Crippen molar-refractivity contribution < 1.29 is 24.2 Å². The maximum absolute atomic E-state index is 12.0. The van der Waals surface area contributed by atoms with Crippen molar-refractivity contribution in [2.75, 3.05) is 18.9 Å². The van der Waals surface area contributed by atoms with Crippen molar-refractivity contribution in [3.05, 3.63) is 23.9 Å². The highest BCUT2D eigenvalue weighted by molar-refractivity contribution is 5.97. The molecule has 0 unspecified atom stereocenters. The van der Waals surface area contributed by atoms with Crippen LogP contribution in [0.5, 0.6) is 0 Å². The molecule has 0 atom stereocenters. The largest absolute Gasteiger partial charge is 0.465 e. The molecular weight excluding hydrogens is 302 g/mol. The Kier molecular flexibility index (Phi) is 6.06. The van der Waals surface area contributed by atoms with Gasteiger partial charge in [0.15, 0.2) is 5.78 Å². The molecule has 0 aliphatic rings. The predicted molar refractivity (Wildman–Crippen MR) is 83.7 cm³/mol. The maximum atomic E-state index is 12.0. The lowest BCUT2D eigenvalue weighted by Gasteiger charge is -2.19. The van der Waals surface area contributed by atoms with Gasteiger partial charge < -0.3 is 14.7 Å². The monoisotopic (exact) mass is 323 g/mol. The van der Waals surface area contributed by atoms with E-state index in [1.807, 2.05) is 0 Å². The molecule has 126 valence electrons. The van der Waals surface area contributed by atoms with Crippen molar-refractivity contribution in [3.8, 4) is 0 Å². The lowest BCUT2D eigenvalue weighted by atomic mass is 10.1. The Balaban J connectivity index is 2.67. The Hall–Kier alpha value is -2.64. The first-order chi connectivity index (χ1) is 10.6. The number of carboxylic acid groups (broad SMARTS) is 1. The predicted octanol–water partition coefficient (Wildman–Crippen LogP) is 2.61. The van der Waals surface area contributed by atoms with Crippen molar-refractivity contribution >= 4 is 23.8 Å². The summed E-state index contributed by atoms with van der Waals surface area (Å²) in [7, 11) is 1.39. The first-order valence-corrected chi connectivity index (χ1v) is 7.02. The normalized spacial score (nSPS) is 10.8. The molecule has 8 nitrogen and oxygen atoms in total. The third-order valence-electron chi connectivity index (χ3n) is 2.71. The number of nitrogens with one attached hydrogen (secondary N) is 1. The maximum Gasteiger partial charge on any atom is 0.413 e. The second kappa shape index (κ2) is 7.57. The minimum Gasteiger partial charge on any atom is -0.465 e. The summed E-state index contributed by atoms with van der Waals surface area (Å²) in [6.45, 7) is 5.29. The van der Waals surface area contributed by atoms with Crippen LogP contribution in [0.1, 0.15) is 37.6 Å².